The fourth-order valence-electron chi connectivity index (χ4n) is 3.41. The van der Waals surface area contributed by atoms with E-state index in [-0.39, 0.29) is 0 Å². The minimum Gasteiger partial charge on any atom is -0.496 e. The van der Waals surface area contributed by atoms with Gasteiger partial charge in [0.2, 0.25) is 0 Å². The van der Waals surface area contributed by atoms with Gasteiger partial charge in [0.25, 0.3) is 0 Å². The van der Waals surface area contributed by atoms with Crippen LogP contribution in [-0.4, -0.2) is 7.11 Å². The van der Waals surface area contributed by atoms with E-state index in [9.17, 15) is 0 Å². The van der Waals surface area contributed by atoms with Crippen LogP contribution in [0.1, 0.15) is 68.1 Å². The molecule has 23 heavy (non-hydrogen) atoms. The van der Waals surface area contributed by atoms with Gasteiger partial charge in [0.15, 0.2) is 0 Å². The van der Waals surface area contributed by atoms with Gasteiger partial charge in [-0.15, -0.1) is 0 Å². The smallest absolute Gasteiger partial charge is 0.122 e. The Hall–Kier alpha value is -1.70. The van der Waals surface area contributed by atoms with Gasteiger partial charge in [0, 0.05) is 11.6 Å². The average Bonchev–Trinajstić information content (AvgIpc) is 2.58. The zero-order valence-corrected chi connectivity index (χ0v) is 14.9. The van der Waals surface area contributed by atoms with Crippen LogP contribution in [0.25, 0.3) is 0 Å². The van der Waals surface area contributed by atoms with Crippen LogP contribution >= 0.6 is 0 Å². The maximum atomic E-state index is 6.57. The minimum atomic E-state index is 0.369. The van der Waals surface area contributed by atoms with Gasteiger partial charge in [-0.3, -0.25) is 0 Å². The summed E-state index contributed by atoms with van der Waals surface area (Å²) in [5.41, 5.74) is 11.3. The Morgan fingerprint density at radius 2 is 1.96 bits per heavy atom. The minimum absolute atomic E-state index is 0.369. The normalized spacial score (nSPS) is 16.7. The molecule has 0 radical (unpaired) electrons. The number of rotatable bonds is 8. The van der Waals surface area contributed by atoms with Crippen molar-refractivity contribution in [3.63, 3.8) is 0 Å². The summed E-state index contributed by atoms with van der Waals surface area (Å²) in [6.07, 6.45) is 17.2. The van der Waals surface area contributed by atoms with Crippen molar-refractivity contribution < 1.29 is 4.74 Å². The van der Waals surface area contributed by atoms with Crippen molar-refractivity contribution in [2.75, 3.05) is 12.8 Å². The van der Waals surface area contributed by atoms with E-state index in [1.165, 1.54) is 48.8 Å². The number of anilines is 1. The summed E-state index contributed by atoms with van der Waals surface area (Å²) in [5.74, 6) is 1.34. The largest absolute Gasteiger partial charge is 0.496 e. The van der Waals surface area contributed by atoms with Crippen molar-refractivity contribution in [3.05, 3.63) is 47.1 Å². The lowest BCUT2D eigenvalue weighted by atomic mass is 9.86. The van der Waals surface area contributed by atoms with Crippen molar-refractivity contribution in [3.8, 4) is 5.75 Å². The van der Waals surface area contributed by atoms with E-state index in [1.807, 2.05) is 0 Å². The van der Waals surface area contributed by atoms with E-state index in [4.69, 9.17) is 10.5 Å². The van der Waals surface area contributed by atoms with Gasteiger partial charge in [-0.05, 0) is 48.9 Å². The molecule has 1 aliphatic carbocycles. The van der Waals surface area contributed by atoms with Gasteiger partial charge >= 0.3 is 0 Å². The predicted octanol–water partition coefficient (Wildman–Crippen LogP) is 5.70. The molecule has 1 aromatic rings. The third kappa shape index (κ3) is 4.40. The molecular weight excluding hydrogens is 282 g/mol. The van der Waals surface area contributed by atoms with E-state index in [2.05, 4.69) is 44.2 Å². The van der Waals surface area contributed by atoms with Crippen LogP contribution in [0.3, 0.4) is 0 Å². The quantitative estimate of drug-likeness (QED) is 0.493. The molecule has 126 valence electrons. The molecule has 2 N–H and O–H groups in total. The van der Waals surface area contributed by atoms with Crippen molar-refractivity contribution in [2.45, 2.75) is 64.7 Å². The van der Waals surface area contributed by atoms with Gasteiger partial charge in [-0.1, -0.05) is 56.9 Å². The third-order valence-corrected chi connectivity index (χ3v) is 4.88. The number of hydrogen-bond acceptors (Lipinski definition) is 2. The molecule has 0 bridgehead atoms. The summed E-state index contributed by atoms with van der Waals surface area (Å²) < 4.78 is 5.62. The van der Waals surface area contributed by atoms with E-state index >= 15 is 0 Å². The Labute approximate surface area is 141 Å². The fraction of sp³-hybridized carbons (Fsp3) is 0.524. The molecule has 2 heteroatoms. The lowest BCUT2D eigenvalue weighted by Crippen LogP contribution is -2.08. The second-order valence-corrected chi connectivity index (χ2v) is 6.50. The molecule has 0 aromatic heterocycles. The zero-order chi connectivity index (χ0) is 16.7. The number of allylic oxidation sites excluding steroid dienone is 4. The Kier molecular flexibility index (Phi) is 6.76. The van der Waals surface area contributed by atoms with Gasteiger partial charge in [0.05, 0.1) is 7.11 Å². The Balaban J connectivity index is 2.21. The number of methoxy groups -OCH3 is 1. The highest BCUT2D eigenvalue weighted by Gasteiger charge is 2.19. The van der Waals surface area contributed by atoms with Crippen molar-refractivity contribution >= 4 is 5.69 Å². The summed E-state index contributed by atoms with van der Waals surface area (Å²) in [4.78, 5) is 0. The summed E-state index contributed by atoms with van der Waals surface area (Å²) in [5, 5.41) is 0. The van der Waals surface area contributed by atoms with E-state index < -0.39 is 0 Å². The molecule has 0 unspecified atom stereocenters. The number of benzene rings is 1. The topological polar surface area (TPSA) is 35.2 Å². The first kappa shape index (κ1) is 17.7. The number of hydrogen-bond donors (Lipinski definition) is 1. The lowest BCUT2D eigenvalue weighted by molar-refractivity contribution is 0.410. The first-order valence-electron chi connectivity index (χ1n) is 8.98. The van der Waals surface area contributed by atoms with Gasteiger partial charge in [0.1, 0.15) is 5.75 Å². The Morgan fingerprint density at radius 1 is 1.17 bits per heavy atom. The second-order valence-electron chi connectivity index (χ2n) is 6.50. The predicted molar refractivity (Wildman–Crippen MR) is 100 cm³/mol. The van der Waals surface area contributed by atoms with Crippen LogP contribution in [0.4, 0.5) is 5.69 Å². The third-order valence-electron chi connectivity index (χ3n) is 4.88. The van der Waals surface area contributed by atoms with E-state index in [0.717, 1.165) is 24.3 Å². The molecule has 0 heterocycles. The average molecular weight is 313 g/mol. The molecule has 0 aliphatic heterocycles. The zero-order valence-electron chi connectivity index (χ0n) is 14.9. The summed E-state index contributed by atoms with van der Waals surface area (Å²) >= 11 is 0. The first-order valence-corrected chi connectivity index (χ1v) is 8.98. The van der Waals surface area contributed by atoms with Gasteiger partial charge < -0.3 is 10.5 Å². The fourth-order valence-corrected chi connectivity index (χ4v) is 3.41. The molecule has 0 fully saturated rings. The maximum Gasteiger partial charge on any atom is 0.122 e. The molecule has 0 amide bonds. The highest BCUT2D eigenvalue weighted by atomic mass is 16.5. The molecule has 2 rings (SSSR count). The van der Waals surface area contributed by atoms with Crippen LogP contribution in [0.5, 0.6) is 5.75 Å². The number of nitrogens with two attached hydrogens (primary N) is 1. The Morgan fingerprint density at radius 3 is 2.61 bits per heavy atom. The summed E-state index contributed by atoms with van der Waals surface area (Å²) in [6.45, 7) is 4.39. The molecule has 0 saturated heterocycles. The monoisotopic (exact) mass is 313 g/mol. The highest BCUT2D eigenvalue weighted by Crippen LogP contribution is 2.38. The van der Waals surface area contributed by atoms with Gasteiger partial charge in [-0.25, -0.2) is 0 Å². The standard InChI is InChI=1S/C21H31NO/c1-4-5-6-7-11-14-18-16(2)20(23-3)15-19(21(18)22)17-12-9-8-10-13-17/h8-10,12,15,17H,4-7,11,13-14,22H2,1-3H3/t17-/m0/s1. The summed E-state index contributed by atoms with van der Waals surface area (Å²) in [6, 6.07) is 2.14. The molecule has 0 saturated carbocycles. The van der Waals surface area contributed by atoms with Gasteiger partial charge in [-0.2, -0.15) is 0 Å². The number of ether oxygens (including phenoxy) is 1. The lowest BCUT2D eigenvalue weighted by Gasteiger charge is -2.22. The van der Waals surface area contributed by atoms with Crippen LogP contribution < -0.4 is 10.5 Å². The van der Waals surface area contributed by atoms with Crippen molar-refractivity contribution in [2.24, 2.45) is 0 Å². The second kappa shape index (κ2) is 8.81. The highest BCUT2D eigenvalue weighted by molar-refractivity contribution is 5.63. The molecule has 0 spiro atoms. The summed E-state index contributed by atoms with van der Waals surface area (Å²) in [7, 11) is 1.75. The van der Waals surface area contributed by atoms with E-state index in [0.29, 0.717) is 5.92 Å². The molecule has 1 atom stereocenters. The number of nitrogen functional groups attached to an aromatic ring is 1. The SMILES string of the molecule is CCCCCCCc1c(C)c(OC)cc([C@H]2C=CC=CC2)c1N. The molecule has 2 nitrogen and oxygen atoms in total. The van der Waals surface area contributed by atoms with Crippen LogP contribution in [0.15, 0.2) is 30.4 Å². The van der Waals surface area contributed by atoms with Crippen LogP contribution in [0.2, 0.25) is 0 Å². The van der Waals surface area contributed by atoms with E-state index in [1.54, 1.807) is 7.11 Å². The number of unbranched alkanes of at least 4 members (excludes halogenated alkanes) is 4. The molecular formula is C21H31NO. The molecule has 1 aromatic carbocycles. The maximum absolute atomic E-state index is 6.57. The Bertz CT molecular complexity index is 572. The van der Waals surface area contributed by atoms with Crippen LogP contribution in [-0.2, 0) is 6.42 Å². The molecule has 1 aliphatic rings. The van der Waals surface area contributed by atoms with Crippen molar-refractivity contribution in [1.29, 1.82) is 0 Å². The van der Waals surface area contributed by atoms with Crippen LogP contribution in [0, 0.1) is 6.92 Å². The van der Waals surface area contributed by atoms with Crippen molar-refractivity contribution in [1.82, 2.24) is 0 Å². The first-order chi connectivity index (χ1) is 11.2.